The Morgan fingerprint density at radius 3 is 2.89 bits per heavy atom. The molecule has 146 valence electrons. The van der Waals surface area contributed by atoms with E-state index in [1.807, 2.05) is 63.3 Å². The number of hydrogen-bond donors (Lipinski definition) is 1. The molecule has 0 bridgehead atoms. The lowest BCUT2D eigenvalue weighted by atomic mass is 10.1. The van der Waals surface area contributed by atoms with E-state index in [2.05, 4.69) is 10.4 Å². The summed E-state index contributed by atoms with van der Waals surface area (Å²) in [6.07, 6.45) is 5.83. The first-order valence-corrected chi connectivity index (χ1v) is 9.53. The summed E-state index contributed by atoms with van der Waals surface area (Å²) >= 11 is 0. The first-order chi connectivity index (χ1) is 13.3. The Bertz CT molecular complexity index is 1180. The number of aryl methyl sites for hydroxylation is 1. The third kappa shape index (κ3) is 2.82. The van der Waals surface area contributed by atoms with Crippen molar-refractivity contribution in [3.05, 3.63) is 53.2 Å². The van der Waals surface area contributed by atoms with E-state index >= 15 is 0 Å². The SMILES string of the molecule is CCn1c(=O)n(C2CCCNC2)c2nc(-c3cnn4ccccc34)ccc21.Cl. The summed E-state index contributed by atoms with van der Waals surface area (Å²) in [5, 5.41) is 7.83. The van der Waals surface area contributed by atoms with Crippen molar-refractivity contribution in [2.24, 2.45) is 0 Å². The number of rotatable bonds is 3. The van der Waals surface area contributed by atoms with Gasteiger partial charge in [-0.3, -0.25) is 9.13 Å². The predicted octanol–water partition coefficient (Wildman–Crippen LogP) is 2.88. The number of imidazole rings is 1. The van der Waals surface area contributed by atoms with Crippen LogP contribution in [0.4, 0.5) is 0 Å². The molecule has 1 aliphatic rings. The molecule has 1 aliphatic heterocycles. The molecule has 0 saturated carbocycles. The van der Waals surface area contributed by atoms with Gasteiger partial charge in [-0.1, -0.05) is 6.07 Å². The van der Waals surface area contributed by atoms with Crippen LogP contribution in [0.15, 0.2) is 47.5 Å². The predicted molar refractivity (Wildman–Crippen MR) is 112 cm³/mol. The van der Waals surface area contributed by atoms with Crippen LogP contribution in [0.25, 0.3) is 27.9 Å². The van der Waals surface area contributed by atoms with E-state index in [0.717, 1.165) is 53.9 Å². The molecule has 1 atom stereocenters. The van der Waals surface area contributed by atoms with Gasteiger partial charge in [-0.15, -0.1) is 12.4 Å². The Balaban J connectivity index is 0.00000192. The summed E-state index contributed by atoms with van der Waals surface area (Å²) in [4.78, 5) is 18.0. The Labute approximate surface area is 168 Å². The molecule has 0 radical (unpaired) electrons. The fraction of sp³-hybridized carbons (Fsp3) is 0.350. The molecule has 4 aromatic rings. The first kappa shape index (κ1) is 18.7. The highest BCUT2D eigenvalue weighted by Crippen LogP contribution is 2.27. The number of nitrogens with zero attached hydrogens (tertiary/aromatic N) is 5. The van der Waals surface area contributed by atoms with Crippen molar-refractivity contribution >= 4 is 29.1 Å². The average Bonchev–Trinajstić information content (AvgIpc) is 3.26. The second kappa shape index (κ2) is 7.41. The fourth-order valence-electron chi connectivity index (χ4n) is 4.12. The highest BCUT2D eigenvalue weighted by molar-refractivity contribution is 5.85. The van der Waals surface area contributed by atoms with E-state index < -0.39 is 0 Å². The van der Waals surface area contributed by atoms with E-state index in [9.17, 15) is 4.79 Å². The van der Waals surface area contributed by atoms with Gasteiger partial charge >= 0.3 is 5.69 Å². The van der Waals surface area contributed by atoms with Gasteiger partial charge < -0.3 is 5.32 Å². The van der Waals surface area contributed by atoms with Gasteiger partial charge in [0.15, 0.2) is 5.65 Å². The molecule has 0 aromatic carbocycles. The van der Waals surface area contributed by atoms with Crippen molar-refractivity contribution in [1.82, 2.24) is 29.0 Å². The zero-order chi connectivity index (χ0) is 18.4. The maximum atomic E-state index is 13.1. The van der Waals surface area contributed by atoms with Crippen molar-refractivity contribution < 1.29 is 0 Å². The van der Waals surface area contributed by atoms with Crippen molar-refractivity contribution in [3.63, 3.8) is 0 Å². The summed E-state index contributed by atoms with van der Waals surface area (Å²) < 4.78 is 5.55. The number of fused-ring (bicyclic) bond motifs is 2. The van der Waals surface area contributed by atoms with Gasteiger partial charge in [-0.25, -0.2) is 14.3 Å². The molecule has 1 fully saturated rings. The number of nitrogens with one attached hydrogen (secondary N) is 1. The van der Waals surface area contributed by atoms with Gasteiger partial charge in [-0.2, -0.15) is 5.10 Å². The second-order valence-electron chi connectivity index (χ2n) is 7.02. The Morgan fingerprint density at radius 1 is 1.21 bits per heavy atom. The second-order valence-corrected chi connectivity index (χ2v) is 7.02. The van der Waals surface area contributed by atoms with E-state index in [0.29, 0.717) is 6.54 Å². The van der Waals surface area contributed by atoms with E-state index in [4.69, 9.17) is 4.98 Å². The monoisotopic (exact) mass is 398 g/mol. The van der Waals surface area contributed by atoms with Gasteiger partial charge in [0.05, 0.1) is 29.0 Å². The lowest BCUT2D eigenvalue weighted by molar-refractivity contribution is 0.367. The van der Waals surface area contributed by atoms with Crippen molar-refractivity contribution in [2.45, 2.75) is 32.4 Å². The third-order valence-electron chi connectivity index (χ3n) is 5.47. The van der Waals surface area contributed by atoms with Gasteiger partial charge in [0.1, 0.15) is 0 Å². The lowest BCUT2D eigenvalue weighted by Gasteiger charge is -2.23. The number of hydrogen-bond acceptors (Lipinski definition) is 4. The molecule has 8 heteroatoms. The standard InChI is InChI=1S/C20H22N6O.ClH/c1-2-24-18-9-8-16(15-13-22-25-11-4-3-7-17(15)25)23-19(18)26(20(24)27)14-6-5-10-21-12-14;/h3-4,7-9,11,13-14,21H,2,5-6,10,12H2,1H3;1H. The molecule has 7 nitrogen and oxygen atoms in total. The highest BCUT2D eigenvalue weighted by atomic mass is 35.5. The number of piperidine rings is 1. The van der Waals surface area contributed by atoms with Gasteiger partial charge in [-0.05, 0) is 50.6 Å². The molecule has 4 aromatic heterocycles. The molecular weight excluding hydrogens is 376 g/mol. The summed E-state index contributed by atoms with van der Waals surface area (Å²) in [6, 6.07) is 10.1. The zero-order valence-electron chi connectivity index (χ0n) is 15.7. The summed E-state index contributed by atoms with van der Waals surface area (Å²) in [5.74, 6) is 0. The molecule has 5 rings (SSSR count). The smallest absolute Gasteiger partial charge is 0.315 e. The number of aromatic nitrogens is 5. The Kier molecular flexibility index (Phi) is 4.95. The quantitative estimate of drug-likeness (QED) is 0.576. The van der Waals surface area contributed by atoms with Crippen LogP contribution in [-0.2, 0) is 6.54 Å². The minimum atomic E-state index is 0. The molecule has 1 saturated heterocycles. The van der Waals surface area contributed by atoms with Crippen molar-refractivity contribution in [1.29, 1.82) is 0 Å². The van der Waals surface area contributed by atoms with Gasteiger partial charge in [0.2, 0.25) is 0 Å². The van der Waals surface area contributed by atoms with Gasteiger partial charge in [0, 0.05) is 24.8 Å². The van der Waals surface area contributed by atoms with E-state index in [-0.39, 0.29) is 24.1 Å². The Morgan fingerprint density at radius 2 is 2.11 bits per heavy atom. The van der Waals surface area contributed by atoms with E-state index in [1.54, 1.807) is 0 Å². The maximum absolute atomic E-state index is 13.1. The topological polar surface area (TPSA) is 69.2 Å². The van der Waals surface area contributed by atoms with Gasteiger partial charge in [0.25, 0.3) is 0 Å². The minimum Gasteiger partial charge on any atom is -0.315 e. The summed E-state index contributed by atoms with van der Waals surface area (Å²) in [5.41, 5.74) is 4.52. The van der Waals surface area contributed by atoms with Crippen molar-refractivity contribution in [2.75, 3.05) is 13.1 Å². The van der Waals surface area contributed by atoms with Crippen LogP contribution >= 0.6 is 12.4 Å². The van der Waals surface area contributed by atoms with Crippen LogP contribution in [0.1, 0.15) is 25.8 Å². The third-order valence-corrected chi connectivity index (χ3v) is 5.47. The number of pyridine rings is 2. The largest absolute Gasteiger partial charge is 0.330 e. The van der Waals surface area contributed by atoms with Crippen LogP contribution in [0.2, 0.25) is 0 Å². The minimum absolute atomic E-state index is 0. The van der Waals surface area contributed by atoms with E-state index in [1.165, 1.54) is 0 Å². The van der Waals surface area contributed by atoms with Crippen molar-refractivity contribution in [3.8, 4) is 11.3 Å². The zero-order valence-corrected chi connectivity index (χ0v) is 16.5. The average molecular weight is 399 g/mol. The van der Waals surface area contributed by atoms with Crippen LogP contribution < -0.4 is 11.0 Å². The molecule has 1 unspecified atom stereocenters. The summed E-state index contributed by atoms with van der Waals surface area (Å²) in [6.45, 7) is 4.47. The van der Waals surface area contributed by atoms with Crippen LogP contribution in [0.5, 0.6) is 0 Å². The number of halogens is 1. The fourth-order valence-corrected chi connectivity index (χ4v) is 4.12. The van der Waals surface area contributed by atoms with Crippen LogP contribution in [-0.4, -0.2) is 36.8 Å². The molecule has 0 spiro atoms. The normalized spacial score (nSPS) is 17.1. The Hall–Kier alpha value is -2.64. The lowest BCUT2D eigenvalue weighted by Crippen LogP contribution is -2.37. The first-order valence-electron chi connectivity index (χ1n) is 9.53. The molecule has 0 aliphatic carbocycles. The molecule has 5 heterocycles. The molecule has 0 amide bonds. The van der Waals surface area contributed by atoms with Crippen LogP contribution in [0, 0.1) is 0 Å². The van der Waals surface area contributed by atoms with Crippen LogP contribution in [0.3, 0.4) is 0 Å². The molecule has 1 N–H and O–H groups in total. The summed E-state index contributed by atoms with van der Waals surface area (Å²) in [7, 11) is 0. The molecular formula is C20H23ClN6O. The highest BCUT2D eigenvalue weighted by Gasteiger charge is 2.23. The molecule has 28 heavy (non-hydrogen) atoms. The maximum Gasteiger partial charge on any atom is 0.330 e.